The average Bonchev–Trinajstić information content (AvgIpc) is 2.89. The van der Waals surface area contributed by atoms with Crippen molar-refractivity contribution < 1.29 is 18.7 Å². The highest BCUT2D eigenvalue weighted by Crippen LogP contribution is 2.62. The van der Waals surface area contributed by atoms with E-state index in [-0.39, 0.29) is 0 Å². The molecule has 2 nitrogen and oxygen atoms in total. The predicted molar refractivity (Wildman–Crippen MR) is 67.9 cm³/mol. The Morgan fingerprint density at radius 1 is 1.28 bits per heavy atom. The Balaban J connectivity index is 2.18. The van der Waals surface area contributed by atoms with Crippen LogP contribution in [0, 0.1) is 11.6 Å². The van der Waals surface area contributed by atoms with Gasteiger partial charge in [-0.3, -0.25) is 4.79 Å². The zero-order valence-corrected chi connectivity index (χ0v) is 10.9. The summed E-state index contributed by atoms with van der Waals surface area (Å²) in [5, 5.41) is 9.23. The highest BCUT2D eigenvalue weighted by molar-refractivity contribution is 8.20. The van der Waals surface area contributed by atoms with Gasteiger partial charge in [0.25, 0.3) is 0 Å². The highest BCUT2D eigenvalue weighted by atomic mass is 32.2. The number of thioether (sulfide) groups is 2. The zero-order chi connectivity index (χ0) is 12.9. The van der Waals surface area contributed by atoms with Gasteiger partial charge in [-0.2, -0.15) is 0 Å². The van der Waals surface area contributed by atoms with E-state index in [4.69, 9.17) is 0 Å². The van der Waals surface area contributed by atoms with Crippen molar-refractivity contribution in [2.24, 2.45) is 0 Å². The molecule has 1 atom stereocenters. The number of aliphatic carboxylic acids is 1. The number of hydrogen-bond donors (Lipinski definition) is 1. The molecular formula is C12H10F2O2S2. The standard InChI is InChI=1S/C12H10F2O2S2/c13-9-3-6-7(11(15)16)5-12(17-1-2-18-12)8(6)4-10(9)14/h3-4,7H,1-2,5H2,(H,15,16). The van der Waals surface area contributed by atoms with Crippen molar-refractivity contribution >= 4 is 29.5 Å². The molecule has 0 aromatic heterocycles. The Kier molecular flexibility index (Phi) is 2.82. The van der Waals surface area contributed by atoms with Gasteiger partial charge in [-0.15, -0.1) is 23.5 Å². The van der Waals surface area contributed by atoms with Gasteiger partial charge in [-0.05, 0) is 29.7 Å². The second-order valence-electron chi connectivity index (χ2n) is 4.40. The first-order valence-electron chi connectivity index (χ1n) is 5.54. The van der Waals surface area contributed by atoms with Crippen LogP contribution in [0.3, 0.4) is 0 Å². The number of rotatable bonds is 1. The molecule has 0 amide bonds. The van der Waals surface area contributed by atoms with Crippen LogP contribution in [-0.4, -0.2) is 22.6 Å². The van der Waals surface area contributed by atoms with E-state index in [9.17, 15) is 18.7 Å². The van der Waals surface area contributed by atoms with Crippen LogP contribution in [-0.2, 0) is 8.87 Å². The van der Waals surface area contributed by atoms with Crippen molar-refractivity contribution in [2.45, 2.75) is 16.4 Å². The van der Waals surface area contributed by atoms with Crippen LogP contribution in [0.1, 0.15) is 23.5 Å². The molecular weight excluding hydrogens is 278 g/mol. The summed E-state index contributed by atoms with van der Waals surface area (Å²) in [6.45, 7) is 0. The molecule has 1 unspecified atom stereocenters. The largest absolute Gasteiger partial charge is 0.481 e. The topological polar surface area (TPSA) is 37.3 Å². The molecule has 1 spiro atoms. The van der Waals surface area contributed by atoms with E-state index in [1.807, 2.05) is 0 Å². The quantitative estimate of drug-likeness (QED) is 0.861. The summed E-state index contributed by atoms with van der Waals surface area (Å²) in [6, 6.07) is 2.23. The van der Waals surface area contributed by atoms with Crippen LogP contribution in [0.2, 0.25) is 0 Å². The van der Waals surface area contributed by atoms with Gasteiger partial charge in [-0.1, -0.05) is 0 Å². The minimum atomic E-state index is -0.968. The van der Waals surface area contributed by atoms with Crippen LogP contribution >= 0.6 is 23.5 Å². The smallest absolute Gasteiger partial charge is 0.311 e. The lowest BCUT2D eigenvalue weighted by atomic mass is 10.0. The van der Waals surface area contributed by atoms with Gasteiger partial charge in [0.1, 0.15) is 0 Å². The van der Waals surface area contributed by atoms with Crippen molar-refractivity contribution in [1.29, 1.82) is 0 Å². The van der Waals surface area contributed by atoms with E-state index in [1.165, 1.54) is 6.07 Å². The average molecular weight is 288 g/mol. The summed E-state index contributed by atoms with van der Waals surface area (Å²) >= 11 is 3.28. The van der Waals surface area contributed by atoms with E-state index in [1.54, 1.807) is 23.5 Å². The van der Waals surface area contributed by atoms with Gasteiger partial charge in [-0.25, -0.2) is 8.78 Å². The van der Waals surface area contributed by atoms with Crippen LogP contribution in [0.5, 0.6) is 0 Å². The predicted octanol–water partition coefficient (Wildman–Crippen LogP) is 3.17. The number of hydrogen-bond acceptors (Lipinski definition) is 3. The number of carbonyl (C=O) groups is 1. The highest BCUT2D eigenvalue weighted by Gasteiger charge is 2.49. The van der Waals surface area contributed by atoms with Gasteiger partial charge in [0.2, 0.25) is 0 Å². The Bertz CT molecular complexity index is 527. The molecule has 0 radical (unpaired) electrons. The van der Waals surface area contributed by atoms with Gasteiger partial charge >= 0.3 is 5.97 Å². The molecule has 96 valence electrons. The van der Waals surface area contributed by atoms with Gasteiger partial charge < -0.3 is 5.11 Å². The third kappa shape index (κ3) is 1.66. The van der Waals surface area contributed by atoms with E-state index >= 15 is 0 Å². The number of carboxylic acids is 1. The Labute approximate surface area is 111 Å². The number of carboxylic acid groups (broad SMARTS) is 1. The maximum atomic E-state index is 13.4. The van der Waals surface area contributed by atoms with Crippen LogP contribution in [0.4, 0.5) is 8.78 Å². The van der Waals surface area contributed by atoms with E-state index in [0.29, 0.717) is 17.5 Å². The third-order valence-electron chi connectivity index (χ3n) is 3.40. The monoisotopic (exact) mass is 288 g/mol. The van der Waals surface area contributed by atoms with Crippen molar-refractivity contribution in [3.05, 3.63) is 34.9 Å². The summed E-state index contributed by atoms with van der Waals surface area (Å²) in [4.78, 5) is 11.3. The molecule has 1 N–H and O–H groups in total. The molecule has 1 aliphatic heterocycles. The number of fused-ring (bicyclic) bond motifs is 2. The van der Waals surface area contributed by atoms with Crippen molar-refractivity contribution in [3.63, 3.8) is 0 Å². The number of benzene rings is 1. The summed E-state index contributed by atoms with van der Waals surface area (Å²) < 4.78 is 26.3. The minimum absolute atomic E-state index is 0.396. The van der Waals surface area contributed by atoms with E-state index < -0.39 is 27.6 Å². The zero-order valence-electron chi connectivity index (χ0n) is 9.28. The summed E-state index contributed by atoms with van der Waals surface area (Å²) in [5.41, 5.74) is 1.09. The van der Waals surface area contributed by atoms with E-state index in [2.05, 4.69) is 0 Å². The molecule has 1 saturated heterocycles. The Hall–Kier alpha value is -0.750. The van der Waals surface area contributed by atoms with Crippen molar-refractivity contribution in [3.8, 4) is 0 Å². The minimum Gasteiger partial charge on any atom is -0.481 e. The Morgan fingerprint density at radius 3 is 2.50 bits per heavy atom. The summed E-state index contributed by atoms with van der Waals surface area (Å²) in [7, 11) is 0. The molecule has 1 aromatic rings. The first kappa shape index (κ1) is 12.3. The van der Waals surface area contributed by atoms with Gasteiger partial charge in [0.15, 0.2) is 11.6 Å². The van der Waals surface area contributed by atoms with Crippen molar-refractivity contribution in [2.75, 3.05) is 11.5 Å². The lowest BCUT2D eigenvalue weighted by Gasteiger charge is -2.22. The normalized spacial score (nSPS) is 24.4. The van der Waals surface area contributed by atoms with Crippen LogP contribution in [0.15, 0.2) is 12.1 Å². The number of halogens is 2. The lowest BCUT2D eigenvalue weighted by Crippen LogP contribution is -2.13. The first-order valence-corrected chi connectivity index (χ1v) is 7.51. The van der Waals surface area contributed by atoms with E-state index in [0.717, 1.165) is 17.6 Å². The van der Waals surface area contributed by atoms with Crippen LogP contribution < -0.4 is 0 Å². The van der Waals surface area contributed by atoms with Gasteiger partial charge in [0.05, 0.1) is 10.00 Å². The SMILES string of the molecule is O=C(O)C1CC2(SCCS2)c2cc(F)c(F)cc21. The molecule has 1 aliphatic carbocycles. The fraction of sp³-hybridized carbons (Fsp3) is 0.417. The van der Waals surface area contributed by atoms with Crippen molar-refractivity contribution in [1.82, 2.24) is 0 Å². The maximum absolute atomic E-state index is 13.4. The molecule has 0 saturated carbocycles. The molecule has 18 heavy (non-hydrogen) atoms. The first-order chi connectivity index (χ1) is 8.53. The third-order valence-corrected chi connectivity index (χ3v) is 6.89. The molecule has 3 rings (SSSR count). The van der Waals surface area contributed by atoms with Crippen LogP contribution in [0.25, 0.3) is 0 Å². The Morgan fingerprint density at radius 2 is 1.89 bits per heavy atom. The second-order valence-corrected chi connectivity index (χ2v) is 7.44. The molecule has 1 aromatic carbocycles. The fourth-order valence-electron chi connectivity index (χ4n) is 2.62. The second kappa shape index (κ2) is 4.13. The maximum Gasteiger partial charge on any atom is 0.311 e. The van der Waals surface area contributed by atoms with Gasteiger partial charge in [0, 0.05) is 11.5 Å². The molecule has 6 heteroatoms. The molecule has 0 bridgehead atoms. The molecule has 1 heterocycles. The molecule has 1 fully saturated rings. The molecule has 2 aliphatic rings. The lowest BCUT2D eigenvalue weighted by molar-refractivity contribution is -0.138. The fourth-order valence-corrected chi connectivity index (χ4v) is 6.01. The summed E-state index contributed by atoms with van der Waals surface area (Å²) in [5.74, 6) is -1.73. The summed E-state index contributed by atoms with van der Waals surface area (Å²) in [6.07, 6.45) is 0.413.